The van der Waals surface area contributed by atoms with Gasteiger partial charge in [-0.05, 0) is 60.8 Å². The van der Waals surface area contributed by atoms with Gasteiger partial charge in [0, 0.05) is 5.41 Å². The van der Waals surface area contributed by atoms with Gasteiger partial charge in [-0.25, -0.2) is 0 Å². The molecule has 0 amide bonds. The molecule has 186 valence electrons. The molecule has 0 aromatic rings. The zero-order valence-corrected chi connectivity index (χ0v) is 20.0. The molecule has 0 spiro atoms. The van der Waals surface area contributed by atoms with Crippen LogP contribution in [-0.4, -0.2) is 69.5 Å². The van der Waals surface area contributed by atoms with Crippen molar-refractivity contribution in [3.63, 3.8) is 0 Å². The number of aliphatic hydroxyl groups excluding tert-OH is 5. The molecule has 0 radical (unpaired) electrons. The maximum absolute atomic E-state index is 11.1. The van der Waals surface area contributed by atoms with E-state index in [2.05, 4.69) is 32.6 Å². The van der Waals surface area contributed by atoms with Crippen LogP contribution in [0.3, 0.4) is 0 Å². The van der Waals surface area contributed by atoms with E-state index in [1.54, 1.807) is 0 Å². The van der Waals surface area contributed by atoms with E-state index in [-0.39, 0.29) is 29.1 Å². The number of ether oxygens (including phenoxy) is 2. The molecule has 3 aliphatic carbocycles. The molecule has 0 bridgehead atoms. The van der Waals surface area contributed by atoms with E-state index in [1.165, 1.54) is 11.6 Å². The summed E-state index contributed by atoms with van der Waals surface area (Å²) in [4.78, 5) is 0. The summed E-state index contributed by atoms with van der Waals surface area (Å²) in [5.74, 6) is 0.520. The van der Waals surface area contributed by atoms with E-state index in [0.29, 0.717) is 12.3 Å². The second-order valence-corrected chi connectivity index (χ2v) is 11.5. The first-order valence-electron chi connectivity index (χ1n) is 12.1. The fourth-order valence-corrected chi connectivity index (χ4v) is 7.15. The predicted molar refractivity (Wildman–Crippen MR) is 123 cm³/mol. The van der Waals surface area contributed by atoms with Gasteiger partial charge in [-0.15, -0.1) is 6.58 Å². The van der Waals surface area contributed by atoms with E-state index >= 15 is 0 Å². The smallest absolute Gasteiger partial charge is 0.228 e. The summed E-state index contributed by atoms with van der Waals surface area (Å²) in [7, 11) is 0. The van der Waals surface area contributed by atoms with Crippen LogP contribution >= 0.6 is 0 Å². The average molecular weight is 465 g/mol. The summed E-state index contributed by atoms with van der Waals surface area (Å²) in [6.45, 7) is 10.1. The first-order chi connectivity index (χ1) is 15.5. The Balaban J connectivity index is 1.59. The molecule has 0 unspecified atom stereocenters. The molecule has 0 saturated heterocycles. The highest BCUT2D eigenvalue weighted by Gasteiger charge is 2.61. The van der Waals surface area contributed by atoms with Gasteiger partial charge in [-0.3, -0.25) is 0 Å². The van der Waals surface area contributed by atoms with Gasteiger partial charge in [0.05, 0.1) is 18.8 Å². The van der Waals surface area contributed by atoms with Gasteiger partial charge >= 0.3 is 0 Å². The van der Waals surface area contributed by atoms with Crippen molar-refractivity contribution >= 4 is 0 Å². The van der Waals surface area contributed by atoms with Gasteiger partial charge in [0.25, 0.3) is 0 Å². The number of rotatable bonds is 5. The van der Waals surface area contributed by atoms with Crippen molar-refractivity contribution in [1.29, 1.82) is 0 Å². The summed E-state index contributed by atoms with van der Waals surface area (Å²) in [6.07, 6.45) is 4.41. The molecule has 7 heteroatoms. The largest absolute Gasteiger partial charge is 0.464 e. The Hall–Kier alpha value is -1.22. The van der Waals surface area contributed by atoms with Crippen LogP contribution in [0, 0.1) is 28.1 Å². The average Bonchev–Trinajstić information content (AvgIpc) is 2.78. The van der Waals surface area contributed by atoms with Crippen molar-refractivity contribution in [2.45, 2.75) is 83.6 Å². The molecule has 4 rings (SSSR count). The number of allylic oxidation sites excluding steroid dienone is 3. The van der Waals surface area contributed by atoms with Gasteiger partial charge in [0.2, 0.25) is 6.29 Å². The Morgan fingerprint density at radius 3 is 2.61 bits per heavy atom. The van der Waals surface area contributed by atoms with Crippen LogP contribution in [0.25, 0.3) is 0 Å². The lowest BCUT2D eigenvalue weighted by Gasteiger charge is -2.62. The standard InChI is InChI=1S/C26H40O7/c1-5-24(2)9-8-17-15(11-24)6-7-20-25(17,3)12-19(29)22(31)26(20,4)14-32-23-21(30)18(28)10-16(13-27)33-23/h5-6,10,17-23,27-31H,1,7-9,11-14H2,2-4H3/t17-,18+,19+,20-,21-,22-,23+,24-,25+,26+/m0/s1. The summed E-state index contributed by atoms with van der Waals surface area (Å²) < 4.78 is 11.5. The second-order valence-electron chi connectivity index (χ2n) is 11.5. The summed E-state index contributed by atoms with van der Waals surface area (Å²) >= 11 is 0. The Morgan fingerprint density at radius 1 is 1.21 bits per heavy atom. The van der Waals surface area contributed by atoms with Crippen molar-refractivity contribution in [2.75, 3.05) is 13.2 Å². The van der Waals surface area contributed by atoms with Crippen molar-refractivity contribution in [2.24, 2.45) is 28.1 Å². The third-order valence-electron chi connectivity index (χ3n) is 9.21. The van der Waals surface area contributed by atoms with Crippen molar-refractivity contribution in [1.82, 2.24) is 0 Å². The minimum absolute atomic E-state index is 0.0406. The zero-order chi connectivity index (χ0) is 24.2. The molecule has 5 N–H and O–H groups in total. The van der Waals surface area contributed by atoms with Crippen LogP contribution in [0.5, 0.6) is 0 Å². The van der Waals surface area contributed by atoms with E-state index in [9.17, 15) is 25.5 Å². The van der Waals surface area contributed by atoms with Crippen molar-refractivity contribution in [3.8, 4) is 0 Å². The fourth-order valence-electron chi connectivity index (χ4n) is 7.15. The van der Waals surface area contributed by atoms with Gasteiger partial charge < -0.3 is 35.0 Å². The minimum atomic E-state index is -1.31. The Kier molecular flexibility index (Phi) is 6.62. The molecular formula is C26H40O7. The zero-order valence-electron chi connectivity index (χ0n) is 20.0. The topological polar surface area (TPSA) is 120 Å². The molecule has 2 saturated carbocycles. The third kappa shape index (κ3) is 4.11. The molecule has 1 aliphatic heterocycles. The number of hydrogen-bond acceptors (Lipinski definition) is 7. The molecule has 4 aliphatic rings. The fraction of sp³-hybridized carbons (Fsp3) is 0.769. The van der Waals surface area contributed by atoms with Gasteiger partial charge in [0.15, 0.2) is 0 Å². The lowest BCUT2D eigenvalue weighted by molar-refractivity contribution is -0.253. The van der Waals surface area contributed by atoms with Gasteiger partial charge in [0.1, 0.15) is 24.6 Å². The quantitative estimate of drug-likeness (QED) is 0.395. The predicted octanol–water partition coefficient (Wildman–Crippen LogP) is 2.03. The van der Waals surface area contributed by atoms with E-state index < -0.39 is 42.7 Å². The lowest BCUT2D eigenvalue weighted by Crippen LogP contribution is -2.63. The van der Waals surface area contributed by atoms with E-state index in [4.69, 9.17) is 9.47 Å². The Labute approximate surface area is 196 Å². The van der Waals surface area contributed by atoms with Crippen LogP contribution in [-0.2, 0) is 9.47 Å². The van der Waals surface area contributed by atoms with Crippen LogP contribution in [0.4, 0.5) is 0 Å². The third-order valence-corrected chi connectivity index (χ3v) is 9.21. The van der Waals surface area contributed by atoms with Crippen LogP contribution in [0.15, 0.2) is 36.1 Å². The molecule has 10 atom stereocenters. The maximum Gasteiger partial charge on any atom is 0.228 e. The SMILES string of the molecule is C=C[C@@]1(C)CC[C@H]2C(=CC[C@H]3[C@]2(C)C[C@@H](O)[C@H](O)[C@]3(C)CO[C@@H]2OC(CO)=C[C@@H](O)[C@@H]2O)C1. The monoisotopic (exact) mass is 464 g/mol. The summed E-state index contributed by atoms with van der Waals surface area (Å²) in [5, 5.41) is 51.9. The molecular weight excluding hydrogens is 424 g/mol. The lowest BCUT2D eigenvalue weighted by atomic mass is 9.44. The van der Waals surface area contributed by atoms with Crippen LogP contribution in [0.1, 0.15) is 52.9 Å². The number of fused-ring (bicyclic) bond motifs is 3. The normalized spacial score (nSPS) is 49.8. The molecule has 33 heavy (non-hydrogen) atoms. The number of aliphatic hydroxyl groups is 5. The van der Waals surface area contributed by atoms with Gasteiger partial charge in [-0.1, -0.05) is 38.5 Å². The first kappa shape index (κ1) is 24.9. The minimum Gasteiger partial charge on any atom is -0.464 e. The maximum atomic E-state index is 11.1. The first-order valence-corrected chi connectivity index (χ1v) is 12.1. The highest BCUT2D eigenvalue weighted by molar-refractivity contribution is 5.26. The molecule has 0 aromatic carbocycles. The van der Waals surface area contributed by atoms with Crippen molar-refractivity contribution < 1.29 is 35.0 Å². The Morgan fingerprint density at radius 2 is 1.94 bits per heavy atom. The molecule has 1 heterocycles. The molecule has 7 nitrogen and oxygen atoms in total. The second kappa shape index (κ2) is 8.77. The summed E-state index contributed by atoms with van der Waals surface area (Å²) in [5.41, 5.74) is 0.534. The molecule has 0 aromatic heterocycles. The van der Waals surface area contributed by atoms with Gasteiger partial charge in [-0.2, -0.15) is 0 Å². The number of hydrogen-bond donors (Lipinski definition) is 5. The van der Waals surface area contributed by atoms with Crippen molar-refractivity contribution in [3.05, 3.63) is 36.1 Å². The van der Waals surface area contributed by atoms with E-state index in [0.717, 1.165) is 25.7 Å². The highest BCUT2D eigenvalue weighted by atomic mass is 16.7. The highest BCUT2D eigenvalue weighted by Crippen LogP contribution is 2.63. The van der Waals surface area contributed by atoms with Crippen LogP contribution in [0.2, 0.25) is 0 Å². The van der Waals surface area contributed by atoms with E-state index in [1.807, 2.05) is 6.92 Å². The summed E-state index contributed by atoms with van der Waals surface area (Å²) in [6, 6.07) is 0. The molecule has 2 fully saturated rings. The Bertz CT molecular complexity index is 823. The van der Waals surface area contributed by atoms with Crippen LogP contribution < -0.4 is 0 Å².